The Morgan fingerprint density at radius 2 is 2.25 bits per heavy atom. The molecule has 0 unspecified atom stereocenters. The lowest BCUT2D eigenvalue weighted by atomic mass is 9.82. The minimum atomic E-state index is -2.51. The third-order valence-electron chi connectivity index (χ3n) is 2.51. The number of ether oxygens (including phenoxy) is 1. The lowest BCUT2D eigenvalue weighted by molar-refractivity contribution is -0.119. The molecule has 1 aromatic rings. The second-order valence-electron chi connectivity index (χ2n) is 3.94. The Labute approximate surface area is 91.7 Å². The summed E-state index contributed by atoms with van der Waals surface area (Å²) in [4.78, 5) is 3.88. The number of hydrogen-bond acceptors (Lipinski definition) is 3. The van der Waals surface area contributed by atoms with Crippen molar-refractivity contribution in [2.24, 2.45) is 5.92 Å². The Bertz CT molecular complexity index is 403. The van der Waals surface area contributed by atoms with E-state index in [-0.39, 0.29) is 25.4 Å². The molecule has 1 saturated carbocycles. The number of alkyl halides is 2. The highest BCUT2D eigenvalue weighted by atomic mass is 19.3. The van der Waals surface area contributed by atoms with Gasteiger partial charge >= 0.3 is 0 Å². The Morgan fingerprint density at radius 1 is 1.50 bits per heavy atom. The molecule has 0 spiro atoms. The molecule has 0 N–H and O–H groups in total. The fraction of sp³-hybridized carbons (Fsp3) is 0.455. The van der Waals surface area contributed by atoms with Crippen LogP contribution in [0.3, 0.4) is 0 Å². The van der Waals surface area contributed by atoms with Gasteiger partial charge in [0.25, 0.3) is 0 Å². The fourth-order valence-corrected chi connectivity index (χ4v) is 1.64. The second kappa shape index (κ2) is 4.05. The Morgan fingerprint density at radius 3 is 2.75 bits per heavy atom. The zero-order valence-corrected chi connectivity index (χ0v) is 8.49. The van der Waals surface area contributed by atoms with Gasteiger partial charge in [-0.25, -0.2) is 13.8 Å². The lowest BCUT2D eigenvalue weighted by Crippen LogP contribution is -2.38. The first kappa shape index (κ1) is 10.8. The van der Waals surface area contributed by atoms with Crippen molar-refractivity contribution in [2.45, 2.75) is 18.8 Å². The van der Waals surface area contributed by atoms with Gasteiger partial charge in [0.1, 0.15) is 6.07 Å². The van der Waals surface area contributed by atoms with Crippen LogP contribution >= 0.6 is 0 Å². The zero-order chi connectivity index (χ0) is 11.6. The van der Waals surface area contributed by atoms with E-state index < -0.39 is 5.92 Å². The third-order valence-corrected chi connectivity index (χ3v) is 2.51. The van der Waals surface area contributed by atoms with Crippen molar-refractivity contribution in [2.75, 3.05) is 6.61 Å². The number of halogens is 2. The molecule has 0 aliphatic heterocycles. The molecule has 1 heterocycles. The maximum Gasteiger partial charge on any atom is 0.248 e. The molecule has 0 bridgehead atoms. The zero-order valence-electron chi connectivity index (χ0n) is 8.49. The molecule has 3 nitrogen and oxygen atoms in total. The number of nitrogens with zero attached hydrogens (tertiary/aromatic N) is 2. The van der Waals surface area contributed by atoms with Crippen molar-refractivity contribution < 1.29 is 13.5 Å². The van der Waals surface area contributed by atoms with Gasteiger partial charge in [-0.05, 0) is 6.07 Å². The number of pyridine rings is 1. The summed E-state index contributed by atoms with van der Waals surface area (Å²) in [5.41, 5.74) is 0.447. The Kier molecular flexibility index (Phi) is 2.73. The summed E-state index contributed by atoms with van der Waals surface area (Å²) in [7, 11) is 0. The van der Waals surface area contributed by atoms with Gasteiger partial charge in [-0.15, -0.1) is 0 Å². The molecule has 5 heteroatoms. The van der Waals surface area contributed by atoms with Crippen LogP contribution in [0, 0.1) is 17.2 Å². The molecule has 0 amide bonds. The first-order valence-corrected chi connectivity index (χ1v) is 4.96. The van der Waals surface area contributed by atoms with Gasteiger partial charge < -0.3 is 4.74 Å². The molecule has 0 atom stereocenters. The maximum absolute atomic E-state index is 12.5. The van der Waals surface area contributed by atoms with E-state index in [1.54, 1.807) is 12.1 Å². The molecule has 1 aliphatic rings. The van der Waals surface area contributed by atoms with E-state index in [9.17, 15) is 8.78 Å². The summed E-state index contributed by atoms with van der Waals surface area (Å²) in [5, 5.41) is 8.54. The van der Waals surface area contributed by atoms with Gasteiger partial charge in [-0.2, -0.15) is 5.26 Å². The van der Waals surface area contributed by atoms with Crippen LogP contribution in [0.25, 0.3) is 0 Å². The van der Waals surface area contributed by atoms with E-state index in [0.717, 1.165) is 0 Å². The summed E-state index contributed by atoms with van der Waals surface area (Å²) in [6.45, 7) is 0.258. The summed E-state index contributed by atoms with van der Waals surface area (Å²) in [6.07, 6.45) is 1.18. The molecule has 2 rings (SSSR count). The summed E-state index contributed by atoms with van der Waals surface area (Å²) < 4.78 is 30.3. The molecule has 0 saturated heterocycles. The monoisotopic (exact) mass is 224 g/mol. The topological polar surface area (TPSA) is 45.9 Å². The van der Waals surface area contributed by atoms with E-state index in [4.69, 9.17) is 10.00 Å². The highest BCUT2D eigenvalue weighted by Crippen LogP contribution is 2.42. The minimum absolute atomic E-state index is 0.0903. The first-order valence-electron chi connectivity index (χ1n) is 4.96. The van der Waals surface area contributed by atoms with Gasteiger partial charge in [-0.3, -0.25) is 0 Å². The van der Waals surface area contributed by atoms with Gasteiger partial charge in [0.05, 0.1) is 12.2 Å². The average molecular weight is 224 g/mol. The van der Waals surface area contributed by atoms with E-state index in [1.165, 1.54) is 6.20 Å². The van der Waals surface area contributed by atoms with Crippen molar-refractivity contribution in [3.8, 4) is 11.9 Å². The first-order chi connectivity index (χ1) is 7.59. The molecule has 84 valence electrons. The summed E-state index contributed by atoms with van der Waals surface area (Å²) >= 11 is 0. The quantitative estimate of drug-likeness (QED) is 0.791. The third kappa shape index (κ3) is 2.45. The number of aromatic nitrogens is 1. The van der Waals surface area contributed by atoms with E-state index in [0.29, 0.717) is 11.4 Å². The summed E-state index contributed by atoms with van der Waals surface area (Å²) in [5.74, 6) is -2.23. The van der Waals surface area contributed by atoms with Gasteiger partial charge in [0.15, 0.2) is 0 Å². The van der Waals surface area contributed by atoms with Crippen molar-refractivity contribution in [3.05, 3.63) is 23.9 Å². The number of nitriles is 1. The predicted molar refractivity (Wildman–Crippen MR) is 52.1 cm³/mol. The van der Waals surface area contributed by atoms with E-state index in [2.05, 4.69) is 4.98 Å². The molecule has 1 aromatic heterocycles. The summed E-state index contributed by atoms with van der Waals surface area (Å²) in [6, 6.07) is 5.08. The standard InChI is InChI=1S/C11H10F2N2O/c12-11(13)3-9(4-11)7-16-10-2-1-8(5-14)6-15-10/h1-2,6,9H,3-4,7H2. The fourth-order valence-electron chi connectivity index (χ4n) is 1.64. The van der Waals surface area contributed by atoms with Crippen LogP contribution < -0.4 is 4.74 Å². The van der Waals surface area contributed by atoms with Crippen LogP contribution in [0.1, 0.15) is 18.4 Å². The molecule has 0 aromatic carbocycles. The van der Waals surface area contributed by atoms with Crippen LogP contribution in [0.2, 0.25) is 0 Å². The van der Waals surface area contributed by atoms with Crippen LogP contribution in [-0.2, 0) is 0 Å². The van der Waals surface area contributed by atoms with E-state index in [1.807, 2.05) is 6.07 Å². The molecule has 1 fully saturated rings. The molecule has 1 aliphatic carbocycles. The van der Waals surface area contributed by atoms with Crippen molar-refractivity contribution in [1.82, 2.24) is 4.98 Å². The number of rotatable bonds is 3. The van der Waals surface area contributed by atoms with Crippen LogP contribution in [0.5, 0.6) is 5.88 Å². The molecule has 0 radical (unpaired) electrons. The molecule has 16 heavy (non-hydrogen) atoms. The van der Waals surface area contributed by atoms with Crippen LogP contribution in [0.4, 0.5) is 8.78 Å². The van der Waals surface area contributed by atoms with Gasteiger partial charge in [0.2, 0.25) is 11.8 Å². The SMILES string of the molecule is N#Cc1ccc(OCC2CC(F)(F)C2)nc1. The average Bonchev–Trinajstić information content (AvgIpc) is 2.24. The van der Waals surface area contributed by atoms with Crippen LogP contribution in [-0.4, -0.2) is 17.5 Å². The highest BCUT2D eigenvalue weighted by molar-refractivity contribution is 5.28. The normalized spacial score (nSPS) is 18.6. The maximum atomic E-state index is 12.5. The van der Waals surface area contributed by atoms with Crippen molar-refractivity contribution in [1.29, 1.82) is 5.26 Å². The Hall–Kier alpha value is -1.70. The van der Waals surface area contributed by atoms with Gasteiger partial charge in [0, 0.05) is 31.0 Å². The lowest BCUT2D eigenvalue weighted by Gasteiger charge is -2.34. The Balaban J connectivity index is 1.80. The van der Waals surface area contributed by atoms with Crippen molar-refractivity contribution in [3.63, 3.8) is 0 Å². The smallest absolute Gasteiger partial charge is 0.248 e. The van der Waals surface area contributed by atoms with Gasteiger partial charge in [-0.1, -0.05) is 0 Å². The highest BCUT2D eigenvalue weighted by Gasteiger charge is 2.45. The van der Waals surface area contributed by atoms with Crippen molar-refractivity contribution >= 4 is 0 Å². The molecular formula is C11H10F2N2O. The van der Waals surface area contributed by atoms with E-state index >= 15 is 0 Å². The second-order valence-corrected chi connectivity index (χ2v) is 3.94. The number of hydrogen-bond donors (Lipinski definition) is 0. The molecular weight excluding hydrogens is 214 g/mol. The predicted octanol–water partition coefficient (Wildman–Crippen LogP) is 2.38. The minimum Gasteiger partial charge on any atom is -0.477 e. The largest absolute Gasteiger partial charge is 0.477 e. The van der Waals surface area contributed by atoms with Crippen LogP contribution in [0.15, 0.2) is 18.3 Å².